The number of hydrogen-bond acceptors (Lipinski definition) is 4. The van der Waals surface area contributed by atoms with Gasteiger partial charge in [0.05, 0.1) is 12.6 Å². The quantitative estimate of drug-likeness (QED) is 0.797. The van der Waals surface area contributed by atoms with Crippen LogP contribution in [0.25, 0.3) is 10.9 Å². The number of primary sulfonamides is 1. The van der Waals surface area contributed by atoms with Gasteiger partial charge in [-0.2, -0.15) is 0 Å². The van der Waals surface area contributed by atoms with Crippen molar-refractivity contribution in [2.45, 2.75) is 11.3 Å². The molecular weight excluding hydrogens is 312 g/mol. The molecular formula is C17H16N2O3S. The van der Waals surface area contributed by atoms with Gasteiger partial charge in [-0.05, 0) is 29.8 Å². The summed E-state index contributed by atoms with van der Waals surface area (Å²) in [6.45, 7) is 0. The Balaban J connectivity index is 2.02. The van der Waals surface area contributed by atoms with Crippen LogP contribution >= 0.6 is 0 Å². The first kappa shape index (κ1) is 15.5. The van der Waals surface area contributed by atoms with E-state index in [1.807, 2.05) is 42.5 Å². The Kier molecular flexibility index (Phi) is 4.02. The zero-order valence-corrected chi connectivity index (χ0v) is 13.4. The van der Waals surface area contributed by atoms with Gasteiger partial charge in [0.25, 0.3) is 0 Å². The van der Waals surface area contributed by atoms with Gasteiger partial charge in [-0.3, -0.25) is 4.98 Å². The summed E-state index contributed by atoms with van der Waals surface area (Å²) in [5.74, 6) is 0.789. The monoisotopic (exact) mass is 328 g/mol. The predicted octanol–water partition coefficient (Wildman–Crippen LogP) is 2.48. The molecule has 2 aromatic carbocycles. The first-order valence-corrected chi connectivity index (χ1v) is 8.56. The molecule has 118 valence electrons. The van der Waals surface area contributed by atoms with Crippen LogP contribution in [0.2, 0.25) is 0 Å². The maximum Gasteiger partial charge on any atom is 0.240 e. The van der Waals surface area contributed by atoms with Gasteiger partial charge < -0.3 is 4.74 Å². The van der Waals surface area contributed by atoms with E-state index in [0.717, 1.165) is 22.4 Å². The zero-order valence-electron chi connectivity index (χ0n) is 12.6. The maximum absolute atomic E-state index is 11.7. The number of benzene rings is 2. The Hall–Kier alpha value is -2.44. The Morgan fingerprint density at radius 1 is 1.04 bits per heavy atom. The standard InChI is InChI=1S/C17H16N2O3S/c1-22-15-9-5-12(6-10-15)11-14-8-7-13-3-2-4-16(17(13)19-14)23(18,20)21/h2-10H,11H2,1H3,(H2,18,20,21). The van der Waals surface area contributed by atoms with Gasteiger partial charge in [0, 0.05) is 17.5 Å². The molecule has 0 spiro atoms. The fourth-order valence-electron chi connectivity index (χ4n) is 2.44. The summed E-state index contributed by atoms with van der Waals surface area (Å²) in [6.07, 6.45) is 0.596. The minimum atomic E-state index is -3.81. The van der Waals surface area contributed by atoms with Crippen LogP contribution < -0.4 is 9.88 Å². The molecule has 2 N–H and O–H groups in total. The van der Waals surface area contributed by atoms with E-state index in [1.165, 1.54) is 6.07 Å². The molecule has 0 amide bonds. The molecule has 5 nitrogen and oxygen atoms in total. The SMILES string of the molecule is COc1ccc(Cc2ccc3cccc(S(N)(=O)=O)c3n2)cc1. The van der Waals surface area contributed by atoms with E-state index in [0.29, 0.717) is 11.9 Å². The second kappa shape index (κ2) is 5.98. The number of rotatable bonds is 4. The van der Waals surface area contributed by atoms with Crippen molar-refractivity contribution >= 4 is 20.9 Å². The minimum absolute atomic E-state index is 0.0478. The third kappa shape index (κ3) is 3.33. The molecule has 1 heterocycles. The summed E-state index contributed by atoms with van der Waals surface area (Å²) in [5.41, 5.74) is 2.24. The first-order valence-electron chi connectivity index (χ1n) is 7.02. The van der Waals surface area contributed by atoms with Gasteiger partial charge in [0.1, 0.15) is 10.6 Å². The lowest BCUT2D eigenvalue weighted by Gasteiger charge is -2.07. The summed E-state index contributed by atoms with van der Waals surface area (Å²) >= 11 is 0. The van der Waals surface area contributed by atoms with Crippen molar-refractivity contribution in [2.24, 2.45) is 5.14 Å². The highest BCUT2D eigenvalue weighted by atomic mass is 32.2. The van der Waals surface area contributed by atoms with Gasteiger partial charge in [0.15, 0.2) is 0 Å². The second-order valence-electron chi connectivity index (χ2n) is 5.20. The smallest absolute Gasteiger partial charge is 0.240 e. The number of nitrogens with zero attached hydrogens (tertiary/aromatic N) is 1. The largest absolute Gasteiger partial charge is 0.497 e. The molecule has 0 unspecified atom stereocenters. The van der Waals surface area contributed by atoms with Crippen LogP contribution in [0.4, 0.5) is 0 Å². The summed E-state index contributed by atoms with van der Waals surface area (Å²) in [5, 5.41) is 6.02. The van der Waals surface area contributed by atoms with E-state index >= 15 is 0 Å². The van der Waals surface area contributed by atoms with Crippen LogP contribution in [-0.2, 0) is 16.4 Å². The molecule has 0 fully saturated rings. The lowest BCUT2D eigenvalue weighted by atomic mass is 10.1. The third-order valence-corrected chi connectivity index (χ3v) is 4.53. The van der Waals surface area contributed by atoms with Crippen molar-refractivity contribution in [2.75, 3.05) is 7.11 Å². The molecule has 3 rings (SSSR count). The highest BCUT2D eigenvalue weighted by molar-refractivity contribution is 7.89. The maximum atomic E-state index is 11.7. The molecule has 1 aromatic heterocycles. The fraction of sp³-hybridized carbons (Fsp3) is 0.118. The molecule has 0 atom stereocenters. The predicted molar refractivity (Wildman–Crippen MR) is 88.9 cm³/mol. The van der Waals surface area contributed by atoms with Gasteiger partial charge in [-0.25, -0.2) is 13.6 Å². The second-order valence-corrected chi connectivity index (χ2v) is 6.73. The molecule has 0 saturated carbocycles. The van der Waals surface area contributed by atoms with Crippen molar-refractivity contribution in [1.29, 1.82) is 0 Å². The fourth-order valence-corrected chi connectivity index (χ4v) is 3.14. The Morgan fingerprint density at radius 3 is 2.43 bits per heavy atom. The van der Waals surface area contributed by atoms with Gasteiger partial charge >= 0.3 is 0 Å². The zero-order chi connectivity index (χ0) is 16.4. The van der Waals surface area contributed by atoms with Crippen LogP contribution in [0, 0.1) is 0 Å². The molecule has 0 aliphatic heterocycles. The van der Waals surface area contributed by atoms with Crippen LogP contribution in [0.3, 0.4) is 0 Å². The summed E-state index contributed by atoms with van der Waals surface area (Å²) < 4.78 is 28.6. The van der Waals surface area contributed by atoms with Crippen LogP contribution in [0.1, 0.15) is 11.3 Å². The van der Waals surface area contributed by atoms with Crippen LogP contribution in [0.15, 0.2) is 59.5 Å². The Labute approximate surface area is 134 Å². The Morgan fingerprint density at radius 2 is 1.78 bits per heavy atom. The van der Waals surface area contributed by atoms with Crippen molar-refractivity contribution in [3.63, 3.8) is 0 Å². The summed E-state index contributed by atoms with van der Waals surface area (Å²) in [6, 6.07) is 16.4. The molecule has 0 aliphatic carbocycles. The number of hydrogen-bond donors (Lipinski definition) is 1. The van der Waals surface area contributed by atoms with Crippen molar-refractivity contribution in [1.82, 2.24) is 4.98 Å². The van der Waals surface area contributed by atoms with Crippen molar-refractivity contribution < 1.29 is 13.2 Å². The van der Waals surface area contributed by atoms with E-state index < -0.39 is 10.0 Å². The average molecular weight is 328 g/mol. The summed E-state index contributed by atoms with van der Waals surface area (Å²) in [4.78, 5) is 4.54. The van der Waals surface area contributed by atoms with Crippen molar-refractivity contribution in [3.8, 4) is 5.75 Å². The van der Waals surface area contributed by atoms with E-state index in [4.69, 9.17) is 9.88 Å². The first-order chi connectivity index (χ1) is 11.0. The lowest BCUT2D eigenvalue weighted by Crippen LogP contribution is -2.13. The molecule has 6 heteroatoms. The molecule has 0 bridgehead atoms. The molecule has 23 heavy (non-hydrogen) atoms. The highest BCUT2D eigenvalue weighted by Gasteiger charge is 2.13. The van der Waals surface area contributed by atoms with Crippen LogP contribution in [-0.4, -0.2) is 20.5 Å². The van der Waals surface area contributed by atoms with Crippen LogP contribution in [0.5, 0.6) is 5.75 Å². The lowest BCUT2D eigenvalue weighted by molar-refractivity contribution is 0.414. The number of fused-ring (bicyclic) bond motifs is 1. The molecule has 3 aromatic rings. The number of aromatic nitrogens is 1. The number of ether oxygens (including phenoxy) is 1. The average Bonchev–Trinajstić information content (AvgIpc) is 2.54. The van der Waals surface area contributed by atoms with E-state index in [1.54, 1.807) is 13.2 Å². The topological polar surface area (TPSA) is 82.3 Å². The van der Waals surface area contributed by atoms with E-state index in [2.05, 4.69) is 4.98 Å². The minimum Gasteiger partial charge on any atom is -0.497 e. The molecule has 0 radical (unpaired) electrons. The summed E-state index contributed by atoms with van der Waals surface area (Å²) in [7, 11) is -2.19. The highest BCUT2D eigenvalue weighted by Crippen LogP contribution is 2.22. The van der Waals surface area contributed by atoms with E-state index in [9.17, 15) is 8.42 Å². The third-order valence-electron chi connectivity index (χ3n) is 3.59. The number of methoxy groups -OCH3 is 1. The van der Waals surface area contributed by atoms with Gasteiger partial charge in [0.2, 0.25) is 10.0 Å². The number of sulfonamides is 1. The molecule has 0 saturated heterocycles. The number of pyridine rings is 1. The Bertz CT molecular complexity index is 951. The molecule has 0 aliphatic rings. The van der Waals surface area contributed by atoms with Gasteiger partial charge in [-0.1, -0.05) is 30.3 Å². The normalized spacial score (nSPS) is 11.6. The number of para-hydroxylation sites is 1. The van der Waals surface area contributed by atoms with Crippen molar-refractivity contribution in [3.05, 3.63) is 65.9 Å². The van der Waals surface area contributed by atoms with E-state index in [-0.39, 0.29) is 4.90 Å². The van der Waals surface area contributed by atoms with Gasteiger partial charge in [-0.15, -0.1) is 0 Å². The number of nitrogens with two attached hydrogens (primary N) is 1.